The number of hydrogen-bond acceptors (Lipinski definition) is 2. The van der Waals surface area contributed by atoms with Gasteiger partial charge in [0, 0.05) is 25.8 Å². The molecule has 0 saturated heterocycles. The summed E-state index contributed by atoms with van der Waals surface area (Å²) in [5.74, 6) is -0.0691. The predicted molar refractivity (Wildman–Crippen MR) is 87.0 cm³/mol. The molecule has 0 bridgehead atoms. The average Bonchev–Trinajstić information content (AvgIpc) is 2.76. The Kier molecular flexibility index (Phi) is 3.97. The lowest BCUT2D eigenvalue weighted by atomic mass is 9.98. The zero-order chi connectivity index (χ0) is 15.1. The molecule has 0 radical (unpaired) electrons. The number of anilines is 1. The smallest absolute Gasteiger partial charge is 0.228 e. The van der Waals surface area contributed by atoms with Crippen molar-refractivity contribution in [2.24, 2.45) is 0 Å². The van der Waals surface area contributed by atoms with Gasteiger partial charge >= 0.3 is 0 Å². The molecule has 3 nitrogen and oxygen atoms in total. The molecule has 2 aromatic carbocycles. The van der Waals surface area contributed by atoms with Gasteiger partial charge in [-0.15, -0.1) is 0 Å². The molecule has 1 aliphatic rings. The largest absolute Gasteiger partial charge is 0.384 e. The Bertz CT molecular complexity index is 749. The number of nitrogens with one attached hydrogen (secondary N) is 1. The lowest BCUT2D eigenvalue weighted by Gasteiger charge is -2.16. The van der Waals surface area contributed by atoms with E-state index in [-0.39, 0.29) is 5.91 Å². The fraction of sp³-hybridized carbons (Fsp3) is 0.133. The highest BCUT2D eigenvalue weighted by Gasteiger charge is 2.23. The molecule has 2 aromatic rings. The normalized spacial score (nSPS) is 14.8. The summed E-state index contributed by atoms with van der Waals surface area (Å²) in [6, 6.07) is 8.60. The summed E-state index contributed by atoms with van der Waals surface area (Å²) in [5, 5.41) is 14.3. The van der Waals surface area contributed by atoms with Crippen LogP contribution < -0.4 is 5.32 Å². The average molecular weight is 387 g/mol. The second kappa shape index (κ2) is 5.61. The Morgan fingerprint density at radius 3 is 2.67 bits per heavy atom. The number of carbonyl (C=O) groups is 1. The van der Waals surface area contributed by atoms with Gasteiger partial charge in [0.25, 0.3) is 0 Å². The predicted octanol–water partition coefficient (Wildman–Crippen LogP) is 4.33. The van der Waals surface area contributed by atoms with Crippen molar-refractivity contribution in [2.45, 2.75) is 12.5 Å². The molecule has 0 spiro atoms. The van der Waals surface area contributed by atoms with Crippen molar-refractivity contribution in [2.75, 3.05) is 5.32 Å². The molecular formula is C15H10BrCl2NO2. The zero-order valence-corrected chi connectivity index (χ0v) is 13.8. The van der Waals surface area contributed by atoms with Gasteiger partial charge in [-0.3, -0.25) is 4.79 Å². The van der Waals surface area contributed by atoms with Gasteiger partial charge in [0.2, 0.25) is 5.91 Å². The first-order valence-corrected chi connectivity index (χ1v) is 7.76. The first-order chi connectivity index (χ1) is 9.95. The topological polar surface area (TPSA) is 49.3 Å². The third kappa shape index (κ3) is 2.81. The number of hydrogen-bond donors (Lipinski definition) is 2. The van der Waals surface area contributed by atoms with Gasteiger partial charge in [0.1, 0.15) is 6.10 Å². The Balaban J connectivity index is 2.04. The van der Waals surface area contributed by atoms with Gasteiger partial charge in [-0.25, -0.2) is 0 Å². The molecule has 0 saturated carbocycles. The van der Waals surface area contributed by atoms with E-state index < -0.39 is 6.10 Å². The minimum atomic E-state index is -0.898. The molecule has 0 fully saturated rings. The van der Waals surface area contributed by atoms with E-state index >= 15 is 0 Å². The summed E-state index contributed by atoms with van der Waals surface area (Å²) in [5.41, 5.74) is 2.77. The van der Waals surface area contributed by atoms with Crippen molar-refractivity contribution in [3.05, 3.63) is 61.5 Å². The number of carbonyl (C=O) groups excluding carboxylic acids is 1. The molecule has 1 atom stereocenters. The van der Waals surface area contributed by atoms with E-state index in [9.17, 15) is 9.90 Å². The third-order valence-electron chi connectivity index (χ3n) is 3.40. The van der Waals surface area contributed by atoms with Crippen molar-refractivity contribution in [3.8, 4) is 0 Å². The number of fused-ring (bicyclic) bond motifs is 1. The molecule has 0 aliphatic carbocycles. The van der Waals surface area contributed by atoms with E-state index in [1.165, 1.54) is 0 Å². The fourth-order valence-electron chi connectivity index (χ4n) is 2.37. The summed E-state index contributed by atoms with van der Waals surface area (Å²) < 4.78 is 0.702. The highest BCUT2D eigenvalue weighted by Crippen LogP contribution is 2.37. The maximum absolute atomic E-state index is 11.4. The summed E-state index contributed by atoms with van der Waals surface area (Å²) in [4.78, 5) is 11.4. The molecule has 3 rings (SSSR count). The number of benzene rings is 2. The second-order valence-electron chi connectivity index (χ2n) is 4.82. The van der Waals surface area contributed by atoms with Crippen LogP contribution in [0.2, 0.25) is 10.0 Å². The van der Waals surface area contributed by atoms with Crippen LogP contribution in [0.1, 0.15) is 22.8 Å². The number of aliphatic hydroxyl groups is 1. The molecule has 1 heterocycles. The van der Waals surface area contributed by atoms with E-state index in [0.29, 0.717) is 37.8 Å². The van der Waals surface area contributed by atoms with Gasteiger partial charge in [0.05, 0.1) is 6.42 Å². The van der Waals surface area contributed by atoms with Crippen molar-refractivity contribution in [1.29, 1.82) is 0 Å². The zero-order valence-electron chi connectivity index (χ0n) is 10.7. The van der Waals surface area contributed by atoms with Gasteiger partial charge in [-0.1, -0.05) is 45.2 Å². The molecule has 21 heavy (non-hydrogen) atoms. The van der Waals surface area contributed by atoms with Crippen LogP contribution >= 0.6 is 39.1 Å². The molecule has 6 heteroatoms. The van der Waals surface area contributed by atoms with Gasteiger partial charge in [0.15, 0.2) is 0 Å². The highest BCUT2D eigenvalue weighted by molar-refractivity contribution is 9.10. The molecule has 2 N–H and O–H groups in total. The molecule has 0 aromatic heterocycles. The van der Waals surface area contributed by atoms with Crippen LogP contribution in [0.25, 0.3) is 0 Å². The molecular weight excluding hydrogens is 377 g/mol. The fourth-order valence-corrected chi connectivity index (χ4v) is 3.53. The van der Waals surface area contributed by atoms with E-state index in [4.69, 9.17) is 23.2 Å². The Hall–Kier alpha value is -1.07. The van der Waals surface area contributed by atoms with E-state index in [1.54, 1.807) is 30.3 Å². The summed E-state index contributed by atoms with van der Waals surface area (Å²) in [6.45, 7) is 0. The minimum absolute atomic E-state index is 0.0691. The Morgan fingerprint density at radius 1 is 1.19 bits per heavy atom. The second-order valence-corrected chi connectivity index (χ2v) is 6.52. The molecule has 1 aliphatic heterocycles. The Labute approximate surface area is 140 Å². The number of rotatable bonds is 2. The quantitative estimate of drug-likeness (QED) is 0.806. The number of amides is 1. The van der Waals surface area contributed by atoms with Crippen molar-refractivity contribution < 1.29 is 9.90 Å². The van der Waals surface area contributed by atoms with Gasteiger partial charge < -0.3 is 10.4 Å². The van der Waals surface area contributed by atoms with E-state index in [1.807, 2.05) is 0 Å². The van der Waals surface area contributed by atoms with Crippen LogP contribution in [0.5, 0.6) is 0 Å². The van der Waals surface area contributed by atoms with Crippen LogP contribution in [-0.2, 0) is 11.2 Å². The Morgan fingerprint density at radius 2 is 1.95 bits per heavy atom. The van der Waals surface area contributed by atoms with Crippen molar-refractivity contribution in [3.63, 3.8) is 0 Å². The first-order valence-electron chi connectivity index (χ1n) is 6.21. The molecule has 1 unspecified atom stereocenters. The summed E-state index contributed by atoms with van der Waals surface area (Å²) in [7, 11) is 0. The van der Waals surface area contributed by atoms with E-state index in [0.717, 1.165) is 5.56 Å². The molecule has 108 valence electrons. The highest BCUT2D eigenvalue weighted by atomic mass is 79.9. The van der Waals surface area contributed by atoms with E-state index in [2.05, 4.69) is 21.2 Å². The third-order valence-corrected chi connectivity index (χ3v) is 4.65. The maximum atomic E-state index is 11.4. The number of halogens is 3. The number of aliphatic hydroxyl groups excluding tert-OH is 1. The van der Waals surface area contributed by atoms with Crippen LogP contribution in [0.15, 0.2) is 34.8 Å². The van der Waals surface area contributed by atoms with Crippen LogP contribution in [0.4, 0.5) is 5.69 Å². The van der Waals surface area contributed by atoms with Crippen molar-refractivity contribution in [1.82, 2.24) is 0 Å². The van der Waals surface area contributed by atoms with Gasteiger partial charge in [-0.2, -0.15) is 0 Å². The maximum Gasteiger partial charge on any atom is 0.228 e. The van der Waals surface area contributed by atoms with Crippen molar-refractivity contribution >= 4 is 50.7 Å². The first kappa shape index (κ1) is 14.9. The van der Waals surface area contributed by atoms with Gasteiger partial charge in [-0.05, 0) is 35.4 Å². The molecule has 1 amide bonds. The summed E-state index contributed by atoms with van der Waals surface area (Å²) >= 11 is 15.5. The van der Waals surface area contributed by atoms with Crippen LogP contribution in [0.3, 0.4) is 0 Å². The van der Waals surface area contributed by atoms with Crippen LogP contribution in [0, 0.1) is 0 Å². The minimum Gasteiger partial charge on any atom is -0.384 e. The lowest BCUT2D eigenvalue weighted by molar-refractivity contribution is -0.115. The monoisotopic (exact) mass is 385 g/mol. The summed E-state index contributed by atoms with van der Waals surface area (Å²) in [6.07, 6.45) is -0.598. The SMILES string of the molecule is O=C1Cc2cc(C(O)c3ccc(Cl)cc3Br)c(Cl)cc2N1. The lowest BCUT2D eigenvalue weighted by Crippen LogP contribution is -2.03. The standard InChI is InChI=1S/C15H10BrCl2NO2/c16-11-5-8(17)1-2-9(11)15(21)10-3-7-4-14(20)19-13(7)6-12(10)18/h1-3,5-6,15,21H,4H2,(H,19,20). The van der Waals surface area contributed by atoms with Crippen LogP contribution in [-0.4, -0.2) is 11.0 Å².